The van der Waals surface area contributed by atoms with Crippen molar-refractivity contribution in [1.29, 1.82) is 0 Å². The van der Waals surface area contributed by atoms with Crippen molar-refractivity contribution in [1.82, 2.24) is 9.80 Å². The molecule has 4 aromatic rings. The maximum atomic E-state index is 13.5. The van der Waals surface area contributed by atoms with E-state index in [0.29, 0.717) is 39.0 Å². The summed E-state index contributed by atoms with van der Waals surface area (Å²) in [7, 11) is 3.99. The molecule has 0 N–H and O–H groups in total. The molecular weight excluding hydrogens is 941 g/mol. The number of carbonyl (C=O) groups excluding carboxylic acids is 4. The Balaban J connectivity index is 1.11. The summed E-state index contributed by atoms with van der Waals surface area (Å²) >= 11 is 0. The van der Waals surface area contributed by atoms with Crippen LogP contribution in [0.25, 0.3) is 21.5 Å². The SMILES string of the molecule is Cc1ccc2cc([C@H](C)C(=O)OCCCN(CC(=O)OC(C)(C)C)CC3(SSC4(CN(CCCOC(=O)[C@@H](C)c5ccc6cc(C)ccc6c5)CC(=O)OC(C)(C)C)CCCCC4)CCCCC3)ccc2c1. The monoisotopic (exact) mass is 1020 g/mol. The number of benzene rings is 4. The van der Waals surface area contributed by atoms with E-state index in [2.05, 4.69) is 84.3 Å². The van der Waals surface area contributed by atoms with Crippen molar-refractivity contribution in [3.63, 3.8) is 0 Å². The van der Waals surface area contributed by atoms with Crippen LogP contribution in [0.15, 0.2) is 72.8 Å². The van der Waals surface area contributed by atoms with E-state index in [1.807, 2.05) is 89.1 Å². The normalized spacial score (nSPS) is 16.9. The van der Waals surface area contributed by atoms with Crippen LogP contribution in [-0.4, -0.2) is 107 Å². The number of aryl methyl sites for hydroxylation is 2. The number of nitrogens with zero attached hydrogens (tertiary/aromatic N) is 2. The molecule has 10 nitrogen and oxygen atoms in total. The van der Waals surface area contributed by atoms with E-state index in [1.165, 1.54) is 24.0 Å². The highest BCUT2D eigenvalue weighted by Gasteiger charge is 2.42. The van der Waals surface area contributed by atoms with Gasteiger partial charge in [0.15, 0.2) is 0 Å². The van der Waals surface area contributed by atoms with Crippen LogP contribution >= 0.6 is 21.6 Å². The van der Waals surface area contributed by atoms with Crippen LogP contribution < -0.4 is 0 Å². The Kier molecular flexibility index (Phi) is 20.6. The Bertz CT molecular complexity index is 2280. The van der Waals surface area contributed by atoms with Gasteiger partial charge in [0, 0.05) is 35.7 Å². The minimum Gasteiger partial charge on any atom is -0.465 e. The molecule has 0 heterocycles. The smallest absolute Gasteiger partial charge is 0.320 e. The van der Waals surface area contributed by atoms with Crippen LogP contribution in [0.4, 0.5) is 0 Å². The van der Waals surface area contributed by atoms with E-state index in [0.717, 1.165) is 84.0 Å². The summed E-state index contributed by atoms with van der Waals surface area (Å²) in [4.78, 5) is 58.3. The Morgan fingerprint density at radius 2 is 0.875 bits per heavy atom. The molecule has 12 heteroatoms. The quantitative estimate of drug-likeness (QED) is 0.0305. The molecule has 2 atom stereocenters. The number of esters is 4. The molecule has 4 aromatic carbocycles. The van der Waals surface area contributed by atoms with Crippen molar-refractivity contribution in [2.24, 2.45) is 0 Å². The molecule has 394 valence electrons. The first-order valence-corrected chi connectivity index (χ1v) is 28.8. The number of carbonyl (C=O) groups is 4. The van der Waals surface area contributed by atoms with E-state index in [1.54, 1.807) is 0 Å². The van der Waals surface area contributed by atoms with Crippen molar-refractivity contribution in [2.75, 3.05) is 52.5 Å². The van der Waals surface area contributed by atoms with Crippen molar-refractivity contribution in [2.45, 2.75) is 179 Å². The molecule has 6 rings (SSSR count). The Hall–Kier alpha value is -4.10. The molecule has 2 saturated carbocycles. The summed E-state index contributed by atoms with van der Waals surface area (Å²) < 4.78 is 23.4. The van der Waals surface area contributed by atoms with Gasteiger partial charge in [-0.3, -0.25) is 29.0 Å². The minimum atomic E-state index is -0.612. The van der Waals surface area contributed by atoms with Gasteiger partial charge in [-0.15, -0.1) is 0 Å². The molecule has 2 fully saturated rings. The topological polar surface area (TPSA) is 112 Å². The lowest BCUT2D eigenvalue weighted by Crippen LogP contribution is -2.47. The van der Waals surface area contributed by atoms with E-state index in [4.69, 9.17) is 18.9 Å². The Morgan fingerprint density at radius 1 is 0.528 bits per heavy atom. The summed E-state index contributed by atoms with van der Waals surface area (Å²) in [6, 6.07) is 25.0. The largest absolute Gasteiger partial charge is 0.465 e. The Labute approximate surface area is 439 Å². The van der Waals surface area contributed by atoms with Crippen LogP contribution in [0, 0.1) is 13.8 Å². The summed E-state index contributed by atoms with van der Waals surface area (Å²) in [5.74, 6) is -1.83. The number of rotatable bonds is 23. The van der Waals surface area contributed by atoms with Gasteiger partial charge >= 0.3 is 23.9 Å². The van der Waals surface area contributed by atoms with Crippen LogP contribution in [-0.2, 0) is 38.1 Å². The van der Waals surface area contributed by atoms with Gasteiger partial charge in [0.05, 0.1) is 38.1 Å². The highest BCUT2D eigenvalue weighted by molar-refractivity contribution is 8.77. The zero-order valence-corrected chi connectivity index (χ0v) is 46.8. The fraction of sp³-hybridized carbons (Fsp3) is 0.600. The third kappa shape index (κ3) is 17.8. The van der Waals surface area contributed by atoms with E-state index in [9.17, 15) is 19.2 Å². The first kappa shape index (κ1) is 57.2. The fourth-order valence-corrected chi connectivity index (χ4v) is 14.3. The van der Waals surface area contributed by atoms with Gasteiger partial charge in [-0.25, -0.2) is 0 Å². The second-order valence-electron chi connectivity index (χ2n) is 23.0. The van der Waals surface area contributed by atoms with Gasteiger partial charge < -0.3 is 18.9 Å². The lowest BCUT2D eigenvalue weighted by Gasteiger charge is -2.45. The lowest BCUT2D eigenvalue weighted by atomic mass is 9.87. The molecule has 0 radical (unpaired) electrons. The molecule has 0 aliphatic heterocycles. The molecule has 0 amide bonds. The number of ether oxygens (including phenoxy) is 4. The molecule has 2 aliphatic rings. The second-order valence-corrected chi connectivity index (χ2v) is 26.0. The summed E-state index contributed by atoms with van der Waals surface area (Å²) in [5, 5.41) is 4.50. The van der Waals surface area contributed by atoms with Gasteiger partial charge in [0.2, 0.25) is 0 Å². The molecule has 0 saturated heterocycles. The summed E-state index contributed by atoms with van der Waals surface area (Å²) in [6.07, 6.45) is 12.2. The van der Waals surface area contributed by atoms with Crippen LogP contribution in [0.3, 0.4) is 0 Å². The van der Waals surface area contributed by atoms with Crippen molar-refractivity contribution in [3.05, 3.63) is 95.1 Å². The molecule has 72 heavy (non-hydrogen) atoms. The summed E-state index contributed by atoms with van der Waals surface area (Å²) in [5.41, 5.74) is 3.03. The Morgan fingerprint density at radius 3 is 1.24 bits per heavy atom. The predicted octanol–water partition coefficient (Wildman–Crippen LogP) is 13.5. The highest BCUT2D eigenvalue weighted by atomic mass is 33.1. The van der Waals surface area contributed by atoms with E-state index >= 15 is 0 Å². The predicted molar refractivity (Wildman–Crippen MR) is 297 cm³/mol. The van der Waals surface area contributed by atoms with Crippen LogP contribution in [0.1, 0.15) is 167 Å². The zero-order chi connectivity index (χ0) is 52.1. The van der Waals surface area contributed by atoms with Crippen molar-refractivity contribution < 1.29 is 38.1 Å². The maximum Gasteiger partial charge on any atom is 0.320 e. The van der Waals surface area contributed by atoms with Gasteiger partial charge in [-0.2, -0.15) is 0 Å². The number of fused-ring (bicyclic) bond motifs is 2. The highest BCUT2D eigenvalue weighted by Crippen LogP contribution is 2.55. The molecule has 0 unspecified atom stereocenters. The zero-order valence-electron chi connectivity index (χ0n) is 45.2. The first-order valence-electron chi connectivity index (χ1n) is 26.7. The van der Waals surface area contributed by atoms with Crippen molar-refractivity contribution >= 4 is 67.0 Å². The fourth-order valence-electron chi connectivity index (χ4n) is 10.2. The molecule has 0 spiro atoms. The van der Waals surface area contributed by atoms with Gasteiger partial charge in [0.25, 0.3) is 0 Å². The van der Waals surface area contributed by atoms with E-state index in [-0.39, 0.29) is 59.7 Å². The van der Waals surface area contributed by atoms with E-state index < -0.39 is 23.0 Å². The second kappa shape index (κ2) is 25.9. The summed E-state index contributed by atoms with van der Waals surface area (Å²) in [6.45, 7) is 22.8. The lowest BCUT2D eigenvalue weighted by molar-refractivity contribution is -0.157. The van der Waals surface area contributed by atoms with Gasteiger partial charge in [-0.05, 0) is 140 Å². The average molecular weight is 1030 g/mol. The molecule has 2 aliphatic carbocycles. The van der Waals surface area contributed by atoms with Crippen molar-refractivity contribution in [3.8, 4) is 0 Å². The molecular formula is C60H84N2O8S2. The first-order chi connectivity index (χ1) is 34.1. The van der Waals surface area contributed by atoms with Gasteiger partial charge in [-0.1, -0.05) is 144 Å². The average Bonchev–Trinajstić information content (AvgIpc) is 3.32. The number of hydrogen-bond donors (Lipinski definition) is 0. The standard InChI is InChI=1S/C60H84N2O8S2/c1-43-19-21-51-37-47(23-25-49(51)35-43)45(3)55(65)67-33-17-31-61(39-53(63)69-57(5,6)7)41-59(27-13-11-14-28-59)71-72-60(29-15-12-16-30-60)42-62(40-54(64)70-58(8,9)10)32-18-34-68-56(66)46(4)48-24-26-50-36-44(2)20-22-52(50)38-48/h19-26,35-38,45-46H,11-18,27-34,39-42H2,1-10H3/t45-,46-/m0/s1. The van der Waals surface area contributed by atoms with Crippen LogP contribution in [0.2, 0.25) is 0 Å². The van der Waals surface area contributed by atoms with Gasteiger partial charge in [0.1, 0.15) is 11.2 Å². The molecule has 0 bridgehead atoms. The maximum absolute atomic E-state index is 13.5. The third-order valence-corrected chi connectivity index (χ3v) is 18.2. The minimum absolute atomic E-state index is 0.111. The van der Waals surface area contributed by atoms with Crippen LogP contribution in [0.5, 0.6) is 0 Å². The molecule has 0 aromatic heterocycles. The third-order valence-electron chi connectivity index (χ3n) is 14.0. The number of hydrogen-bond acceptors (Lipinski definition) is 12.